The van der Waals surface area contributed by atoms with E-state index in [4.69, 9.17) is 0 Å². The van der Waals surface area contributed by atoms with Gasteiger partial charge in [-0.15, -0.1) is 0 Å². The zero-order valence-electron chi connectivity index (χ0n) is 18.5. The summed E-state index contributed by atoms with van der Waals surface area (Å²) in [4.78, 5) is 38.0. The van der Waals surface area contributed by atoms with E-state index in [1.807, 2.05) is 34.9 Å². The number of hydrogen-bond donors (Lipinski definition) is 0. The molecule has 1 aromatic heterocycles. The minimum atomic E-state index is -0.231. The molecule has 1 unspecified atom stereocenters. The van der Waals surface area contributed by atoms with Crippen molar-refractivity contribution in [3.05, 3.63) is 60.2 Å². The van der Waals surface area contributed by atoms with Crippen molar-refractivity contribution in [3.8, 4) is 0 Å². The number of aromatic nitrogens is 1. The Morgan fingerprint density at radius 3 is 2.19 bits per heavy atom. The molecule has 1 atom stereocenters. The number of amides is 2. The number of carbonyl (C=O) groups excluding carboxylic acids is 2. The van der Waals surface area contributed by atoms with Crippen LogP contribution < -0.4 is 4.90 Å². The lowest BCUT2D eigenvalue weighted by Gasteiger charge is -2.41. The molecule has 2 saturated heterocycles. The van der Waals surface area contributed by atoms with Gasteiger partial charge >= 0.3 is 0 Å². The largest absolute Gasteiger partial charge is 0.369 e. The monoisotopic (exact) mass is 439 g/mol. The quantitative estimate of drug-likeness (QED) is 0.709. The maximum absolute atomic E-state index is 13.2. The van der Waals surface area contributed by atoms with Gasteiger partial charge < -0.3 is 14.7 Å². The number of carbonyl (C=O) groups is 2. The van der Waals surface area contributed by atoms with Gasteiger partial charge in [0.1, 0.15) is 5.82 Å². The highest BCUT2D eigenvalue weighted by atomic mass is 19.1. The van der Waals surface area contributed by atoms with Gasteiger partial charge in [0.2, 0.25) is 11.8 Å². The molecule has 1 aromatic carbocycles. The van der Waals surface area contributed by atoms with Crippen molar-refractivity contribution in [2.45, 2.75) is 19.4 Å². The summed E-state index contributed by atoms with van der Waals surface area (Å²) in [5.41, 5.74) is 1.78. The second-order valence-electron chi connectivity index (χ2n) is 8.38. The van der Waals surface area contributed by atoms with Crippen LogP contribution in [0.3, 0.4) is 0 Å². The van der Waals surface area contributed by atoms with Gasteiger partial charge in [-0.1, -0.05) is 6.07 Å². The van der Waals surface area contributed by atoms with Crippen LogP contribution in [0.4, 0.5) is 10.1 Å². The zero-order chi connectivity index (χ0) is 22.5. The predicted octanol–water partition coefficient (Wildman–Crippen LogP) is 1.64. The molecule has 170 valence electrons. The summed E-state index contributed by atoms with van der Waals surface area (Å²) < 4.78 is 13.2. The van der Waals surface area contributed by atoms with Crippen LogP contribution in [0, 0.1) is 5.82 Å². The molecule has 0 saturated carbocycles. The summed E-state index contributed by atoms with van der Waals surface area (Å²) in [6, 6.07) is 11.9. The van der Waals surface area contributed by atoms with Gasteiger partial charge in [0.05, 0.1) is 12.5 Å². The summed E-state index contributed by atoms with van der Waals surface area (Å²) in [7, 11) is 0. The number of nitrogens with zero attached hydrogens (tertiary/aromatic N) is 5. The van der Waals surface area contributed by atoms with Gasteiger partial charge in [-0.3, -0.25) is 19.5 Å². The highest BCUT2D eigenvalue weighted by molar-refractivity contribution is 5.82. The Labute approximate surface area is 188 Å². The van der Waals surface area contributed by atoms with Gasteiger partial charge in [0.25, 0.3) is 0 Å². The molecule has 0 aliphatic carbocycles. The van der Waals surface area contributed by atoms with E-state index in [2.05, 4.69) is 14.8 Å². The zero-order valence-corrected chi connectivity index (χ0v) is 18.5. The van der Waals surface area contributed by atoms with Crippen molar-refractivity contribution in [1.82, 2.24) is 19.7 Å². The number of hydrogen-bond acceptors (Lipinski definition) is 5. The van der Waals surface area contributed by atoms with E-state index in [1.165, 1.54) is 12.1 Å². The smallest absolute Gasteiger partial charge is 0.239 e. The first-order valence-electron chi connectivity index (χ1n) is 11.2. The van der Waals surface area contributed by atoms with Crippen LogP contribution in [0.1, 0.15) is 12.6 Å². The van der Waals surface area contributed by atoms with Crippen LogP contribution in [-0.2, 0) is 16.0 Å². The summed E-state index contributed by atoms with van der Waals surface area (Å²) in [5.74, 6) is -0.0528. The van der Waals surface area contributed by atoms with Crippen LogP contribution >= 0.6 is 0 Å². The first-order chi connectivity index (χ1) is 15.5. The van der Waals surface area contributed by atoms with Crippen molar-refractivity contribution in [1.29, 1.82) is 0 Å². The van der Waals surface area contributed by atoms with E-state index < -0.39 is 0 Å². The Kier molecular flexibility index (Phi) is 6.99. The Hall–Kier alpha value is -3.00. The molecule has 2 fully saturated rings. The predicted molar refractivity (Wildman–Crippen MR) is 121 cm³/mol. The Balaban J connectivity index is 1.23. The maximum Gasteiger partial charge on any atom is 0.239 e. The third-order valence-electron chi connectivity index (χ3n) is 6.41. The van der Waals surface area contributed by atoms with Crippen LogP contribution in [0.5, 0.6) is 0 Å². The number of benzene rings is 1. The second kappa shape index (κ2) is 10.1. The highest BCUT2D eigenvalue weighted by Gasteiger charge is 2.31. The minimum absolute atomic E-state index is 0.0563. The number of pyridine rings is 1. The minimum Gasteiger partial charge on any atom is -0.369 e. The van der Waals surface area contributed by atoms with Gasteiger partial charge in [-0.25, -0.2) is 4.39 Å². The average molecular weight is 440 g/mol. The van der Waals surface area contributed by atoms with Crippen molar-refractivity contribution < 1.29 is 14.0 Å². The normalized spacial score (nSPS) is 18.5. The standard InChI is InChI=1S/C24H30FN5O2/c1-19(27-10-12-28(13-11-27)22-7-5-20(25)6-8-22)24(32)30-16-14-29(15-17-30)23(31)18-21-4-2-3-9-26-21/h2-9,19H,10-18H2,1H3. The molecular formula is C24H30FN5O2. The first-order valence-corrected chi connectivity index (χ1v) is 11.2. The van der Waals surface area contributed by atoms with Crippen molar-refractivity contribution >= 4 is 17.5 Å². The summed E-state index contributed by atoms with van der Waals surface area (Å²) >= 11 is 0. The molecule has 7 nitrogen and oxygen atoms in total. The Morgan fingerprint density at radius 1 is 0.906 bits per heavy atom. The average Bonchev–Trinajstić information content (AvgIpc) is 2.84. The Morgan fingerprint density at radius 2 is 1.56 bits per heavy atom. The fraction of sp³-hybridized carbons (Fsp3) is 0.458. The third kappa shape index (κ3) is 5.24. The lowest BCUT2D eigenvalue weighted by Crippen LogP contribution is -2.58. The van der Waals surface area contributed by atoms with Crippen LogP contribution in [0.2, 0.25) is 0 Å². The highest BCUT2D eigenvalue weighted by Crippen LogP contribution is 2.18. The van der Waals surface area contributed by atoms with Crippen molar-refractivity contribution in [3.63, 3.8) is 0 Å². The topological polar surface area (TPSA) is 60.0 Å². The molecule has 2 aliphatic heterocycles. The summed E-state index contributed by atoms with van der Waals surface area (Å²) in [6.07, 6.45) is 1.99. The van der Waals surface area contributed by atoms with Gasteiger partial charge in [0, 0.05) is 69.9 Å². The van der Waals surface area contributed by atoms with E-state index >= 15 is 0 Å². The van der Waals surface area contributed by atoms with E-state index in [0.29, 0.717) is 32.6 Å². The van der Waals surface area contributed by atoms with Crippen LogP contribution in [0.25, 0.3) is 0 Å². The van der Waals surface area contributed by atoms with Gasteiger partial charge in [-0.05, 0) is 43.3 Å². The lowest BCUT2D eigenvalue weighted by atomic mass is 10.1. The summed E-state index contributed by atoms with van der Waals surface area (Å²) in [5, 5.41) is 0. The van der Waals surface area contributed by atoms with E-state index in [1.54, 1.807) is 18.3 Å². The summed E-state index contributed by atoms with van der Waals surface area (Å²) in [6.45, 7) is 7.39. The molecule has 0 bridgehead atoms. The molecule has 0 N–H and O–H groups in total. The molecule has 0 radical (unpaired) electrons. The first kappa shape index (κ1) is 22.2. The van der Waals surface area contributed by atoms with E-state index in [-0.39, 0.29) is 23.7 Å². The molecule has 2 amide bonds. The molecule has 8 heteroatoms. The molecular weight excluding hydrogens is 409 g/mol. The van der Waals surface area contributed by atoms with Crippen molar-refractivity contribution in [2.75, 3.05) is 57.3 Å². The van der Waals surface area contributed by atoms with Gasteiger partial charge in [-0.2, -0.15) is 0 Å². The van der Waals surface area contributed by atoms with Crippen molar-refractivity contribution in [2.24, 2.45) is 0 Å². The molecule has 3 heterocycles. The molecule has 2 aromatic rings. The van der Waals surface area contributed by atoms with Crippen LogP contribution in [0.15, 0.2) is 48.7 Å². The SMILES string of the molecule is CC(C(=O)N1CCN(C(=O)Cc2ccccn2)CC1)N1CCN(c2ccc(F)cc2)CC1. The maximum atomic E-state index is 13.2. The Bertz CT molecular complexity index is 908. The molecule has 32 heavy (non-hydrogen) atoms. The lowest BCUT2D eigenvalue weighted by molar-refractivity contribution is -0.142. The second-order valence-corrected chi connectivity index (χ2v) is 8.38. The number of rotatable bonds is 5. The molecule has 4 rings (SSSR count). The fourth-order valence-corrected chi connectivity index (χ4v) is 4.39. The molecule has 0 spiro atoms. The van der Waals surface area contributed by atoms with E-state index in [0.717, 1.165) is 37.6 Å². The number of halogens is 1. The van der Waals surface area contributed by atoms with Crippen LogP contribution in [-0.4, -0.2) is 89.9 Å². The van der Waals surface area contributed by atoms with Gasteiger partial charge in [0.15, 0.2) is 0 Å². The van der Waals surface area contributed by atoms with E-state index in [9.17, 15) is 14.0 Å². The fourth-order valence-electron chi connectivity index (χ4n) is 4.39. The molecule has 2 aliphatic rings. The number of piperazine rings is 2. The number of anilines is 1. The third-order valence-corrected chi connectivity index (χ3v) is 6.41.